The van der Waals surface area contributed by atoms with Crippen LogP contribution >= 0.6 is 11.3 Å². The van der Waals surface area contributed by atoms with E-state index in [1.54, 1.807) is 17.5 Å². The van der Waals surface area contributed by atoms with Gasteiger partial charge in [-0.3, -0.25) is 0 Å². The van der Waals surface area contributed by atoms with E-state index in [1.165, 1.54) is 6.42 Å². The highest BCUT2D eigenvalue weighted by Crippen LogP contribution is 2.29. The smallest absolute Gasteiger partial charge is 0.194 e. The van der Waals surface area contributed by atoms with Crippen LogP contribution in [0, 0.1) is 0 Å². The van der Waals surface area contributed by atoms with Gasteiger partial charge in [0.25, 0.3) is 0 Å². The maximum Gasteiger partial charge on any atom is 0.194 e. The van der Waals surface area contributed by atoms with E-state index in [0.717, 1.165) is 28.4 Å². The summed E-state index contributed by atoms with van der Waals surface area (Å²) in [5, 5.41) is 12.5. The number of rotatable bonds is 2. The first-order valence-corrected chi connectivity index (χ1v) is 7.10. The molecule has 1 fully saturated rings. The van der Waals surface area contributed by atoms with E-state index in [9.17, 15) is 0 Å². The summed E-state index contributed by atoms with van der Waals surface area (Å²) in [5.74, 6) is 0. The molecule has 0 spiro atoms. The van der Waals surface area contributed by atoms with Crippen molar-refractivity contribution in [3.8, 4) is 0 Å². The fourth-order valence-electron chi connectivity index (χ4n) is 2.45. The molecule has 1 N–H and O–H groups in total. The van der Waals surface area contributed by atoms with E-state index >= 15 is 0 Å². The summed E-state index contributed by atoms with van der Waals surface area (Å²) in [5.41, 5.74) is 0.756. The van der Waals surface area contributed by atoms with Gasteiger partial charge in [0.05, 0.1) is 10.9 Å². The Labute approximate surface area is 110 Å². The van der Waals surface area contributed by atoms with Gasteiger partial charge in [0, 0.05) is 19.1 Å². The van der Waals surface area contributed by atoms with Crippen LogP contribution in [0.1, 0.15) is 19.8 Å². The molecule has 0 radical (unpaired) electrons. The van der Waals surface area contributed by atoms with Crippen molar-refractivity contribution in [1.82, 2.24) is 20.5 Å². The number of nitrogens with one attached hydrogen (secondary N) is 1. The van der Waals surface area contributed by atoms with Gasteiger partial charge in [0.1, 0.15) is 0 Å². The third-order valence-electron chi connectivity index (χ3n) is 3.51. The molecule has 3 heterocycles. The maximum atomic E-state index is 4.56. The van der Waals surface area contributed by atoms with Crippen molar-refractivity contribution in [3.63, 3.8) is 0 Å². The zero-order valence-electron chi connectivity index (χ0n) is 10.6. The molecular weight excluding hydrogens is 246 g/mol. The number of nitrogens with zero attached hydrogens (tertiary/aromatic N) is 4. The lowest BCUT2D eigenvalue weighted by atomic mass is 10.00. The minimum Gasteiger partial charge on any atom is -0.348 e. The van der Waals surface area contributed by atoms with Crippen molar-refractivity contribution >= 4 is 26.8 Å². The zero-order valence-corrected chi connectivity index (χ0v) is 11.4. The fraction of sp³-hybridized carbons (Fsp3) is 0.583. The fourth-order valence-corrected chi connectivity index (χ4v) is 3.37. The quantitative estimate of drug-likeness (QED) is 0.893. The Bertz CT molecular complexity index is 507. The third-order valence-corrected chi connectivity index (χ3v) is 4.61. The first-order valence-electron chi connectivity index (χ1n) is 6.28. The van der Waals surface area contributed by atoms with E-state index in [1.807, 2.05) is 6.07 Å². The molecular formula is C12H17N5S. The zero-order chi connectivity index (χ0) is 12.5. The van der Waals surface area contributed by atoms with Crippen LogP contribution in [0.25, 0.3) is 10.3 Å². The van der Waals surface area contributed by atoms with Crippen LogP contribution in [0.2, 0.25) is 0 Å². The van der Waals surface area contributed by atoms with Crippen LogP contribution in [-0.2, 0) is 0 Å². The number of fused-ring (bicyclic) bond motifs is 1. The summed E-state index contributed by atoms with van der Waals surface area (Å²) in [6, 6.07) is 3.12. The number of piperidine rings is 1. The van der Waals surface area contributed by atoms with Gasteiger partial charge in [0.15, 0.2) is 10.8 Å². The monoisotopic (exact) mass is 263 g/mol. The van der Waals surface area contributed by atoms with Crippen molar-refractivity contribution in [1.29, 1.82) is 0 Å². The van der Waals surface area contributed by atoms with Crippen LogP contribution < -0.4 is 10.2 Å². The lowest BCUT2D eigenvalue weighted by Crippen LogP contribution is -2.45. The van der Waals surface area contributed by atoms with Gasteiger partial charge in [0.2, 0.25) is 0 Å². The topological polar surface area (TPSA) is 53.9 Å². The Morgan fingerprint density at radius 3 is 3.17 bits per heavy atom. The second-order valence-corrected chi connectivity index (χ2v) is 5.87. The van der Waals surface area contributed by atoms with Gasteiger partial charge in [-0.1, -0.05) is 11.3 Å². The van der Waals surface area contributed by atoms with Crippen molar-refractivity contribution in [2.45, 2.75) is 31.8 Å². The summed E-state index contributed by atoms with van der Waals surface area (Å²) in [7, 11) is 2.13. The highest BCUT2D eigenvalue weighted by molar-refractivity contribution is 7.22. The molecule has 96 valence electrons. The highest BCUT2D eigenvalue weighted by atomic mass is 32.1. The second kappa shape index (κ2) is 4.78. The Morgan fingerprint density at radius 1 is 1.50 bits per heavy atom. The molecule has 0 aromatic carbocycles. The predicted molar refractivity (Wildman–Crippen MR) is 74.1 cm³/mol. The molecule has 0 bridgehead atoms. The van der Waals surface area contributed by atoms with Crippen molar-refractivity contribution in [3.05, 3.63) is 12.3 Å². The molecule has 1 saturated heterocycles. The molecule has 1 aliphatic rings. The van der Waals surface area contributed by atoms with E-state index in [0.29, 0.717) is 12.1 Å². The largest absolute Gasteiger partial charge is 0.348 e. The van der Waals surface area contributed by atoms with Gasteiger partial charge in [-0.25, -0.2) is 0 Å². The molecule has 18 heavy (non-hydrogen) atoms. The van der Waals surface area contributed by atoms with Crippen molar-refractivity contribution in [2.24, 2.45) is 0 Å². The minimum absolute atomic E-state index is 0.565. The van der Waals surface area contributed by atoms with Crippen LogP contribution in [0.15, 0.2) is 12.3 Å². The third kappa shape index (κ3) is 2.18. The SMILES string of the molecule is C[C@@H]1C[C@@H](N(C)c2nc3nnccc3s2)CCN1. The van der Waals surface area contributed by atoms with Gasteiger partial charge in [-0.15, -0.1) is 5.10 Å². The molecule has 0 aliphatic carbocycles. The number of anilines is 1. The lowest BCUT2D eigenvalue weighted by molar-refractivity contribution is 0.371. The first-order chi connectivity index (χ1) is 8.74. The first kappa shape index (κ1) is 11.8. The molecule has 2 atom stereocenters. The number of aromatic nitrogens is 3. The standard InChI is InChI=1S/C12H17N5S/c1-8-7-9(3-5-13-8)17(2)12-15-11-10(18-12)4-6-14-16-11/h4,6,8-9,13H,3,5,7H2,1-2H3/t8-,9+/m1/s1. The molecule has 6 heteroatoms. The number of thiazole rings is 1. The Balaban J connectivity index is 1.84. The van der Waals surface area contributed by atoms with Gasteiger partial charge < -0.3 is 10.2 Å². The lowest BCUT2D eigenvalue weighted by Gasteiger charge is -2.34. The number of hydrogen-bond acceptors (Lipinski definition) is 6. The minimum atomic E-state index is 0.565. The molecule has 3 rings (SSSR count). The number of hydrogen-bond donors (Lipinski definition) is 1. The molecule has 5 nitrogen and oxygen atoms in total. The van der Waals surface area contributed by atoms with E-state index in [2.05, 4.69) is 39.4 Å². The van der Waals surface area contributed by atoms with Crippen molar-refractivity contribution in [2.75, 3.05) is 18.5 Å². The highest BCUT2D eigenvalue weighted by Gasteiger charge is 2.24. The van der Waals surface area contributed by atoms with Gasteiger partial charge >= 0.3 is 0 Å². The normalized spacial score (nSPS) is 24.3. The Hall–Kier alpha value is -1.27. The average Bonchev–Trinajstić information content (AvgIpc) is 2.81. The van der Waals surface area contributed by atoms with E-state index < -0.39 is 0 Å². The van der Waals surface area contributed by atoms with Crippen LogP contribution in [-0.4, -0.2) is 40.9 Å². The van der Waals surface area contributed by atoms with E-state index in [4.69, 9.17) is 0 Å². The average molecular weight is 263 g/mol. The van der Waals surface area contributed by atoms with Crippen molar-refractivity contribution < 1.29 is 0 Å². The molecule has 0 amide bonds. The van der Waals surface area contributed by atoms with Gasteiger partial charge in [-0.05, 0) is 32.4 Å². The predicted octanol–water partition coefficient (Wildman–Crippen LogP) is 1.66. The second-order valence-electron chi connectivity index (χ2n) is 4.86. The molecule has 2 aromatic rings. The van der Waals surface area contributed by atoms with E-state index in [-0.39, 0.29) is 0 Å². The summed E-state index contributed by atoms with van der Waals surface area (Å²) in [6.45, 7) is 3.32. The Kier molecular flexibility index (Phi) is 3.13. The molecule has 0 saturated carbocycles. The van der Waals surface area contributed by atoms with Crippen LogP contribution in [0.5, 0.6) is 0 Å². The summed E-state index contributed by atoms with van der Waals surface area (Å²) >= 11 is 1.69. The molecule has 2 aromatic heterocycles. The Morgan fingerprint density at radius 2 is 2.39 bits per heavy atom. The maximum absolute atomic E-state index is 4.56. The van der Waals surface area contributed by atoms with Gasteiger partial charge in [-0.2, -0.15) is 10.1 Å². The van der Waals surface area contributed by atoms with Crippen LogP contribution in [0.4, 0.5) is 5.13 Å². The summed E-state index contributed by atoms with van der Waals surface area (Å²) in [4.78, 5) is 6.86. The summed E-state index contributed by atoms with van der Waals surface area (Å²) < 4.78 is 1.11. The molecule has 1 aliphatic heterocycles. The van der Waals surface area contributed by atoms with Crippen LogP contribution in [0.3, 0.4) is 0 Å². The molecule has 0 unspecified atom stereocenters. The summed E-state index contributed by atoms with van der Waals surface area (Å²) in [6.07, 6.45) is 4.05.